The number of rotatable bonds is 3. The monoisotopic (exact) mass is 286 g/mol. The van der Waals surface area contributed by atoms with Crippen LogP contribution in [0.2, 0.25) is 0 Å². The standard InChI is InChI=1S/C15H14N2O2S/c1-2-12-15(14(18)19,8-5-9-16-12)13-17-10-6-3-4-7-11(10)20-13/h3-9,12H,2H2,1H3,(H,18,19). The van der Waals surface area contributed by atoms with E-state index in [2.05, 4.69) is 9.98 Å². The molecule has 102 valence electrons. The van der Waals surface area contributed by atoms with Crippen LogP contribution in [-0.2, 0) is 10.2 Å². The Balaban J connectivity index is 2.22. The van der Waals surface area contributed by atoms with Crippen LogP contribution in [0.4, 0.5) is 0 Å². The third kappa shape index (κ3) is 1.78. The number of hydrogen-bond acceptors (Lipinski definition) is 4. The van der Waals surface area contributed by atoms with Crippen LogP contribution in [0.5, 0.6) is 0 Å². The number of carbonyl (C=O) groups is 1. The Morgan fingerprint density at radius 2 is 2.25 bits per heavy atom. The number of carboxylic acids is 1. The van der Waals surface area contributed by atoms with Gasteiger partial charge in [-0.3, -0.25) is 9.79 Å². The van der Waals surface area contributed by atoms with E-state index in [0.29, 0.717) is 11.4 Å². The minimum absolute atomic E-state index is 0.314. The molecule has 4 nitrogen and oxygen atoms in total. The maximum Gasteiger partial charge on any atom is 0.322 e. The highest BCUT2D eigenvalue weighted by Gasteiger charge is 2.48. The summed E-state index contributed by atoms with van der Waals surface area (Å²) in [7, 11) is 0. The minimum Gasteiger partial charge on any atom is -0.480 e. The van der Waals surface area contributed by atoms with Crippen LogP contribution in [0.25, 0.3) is 10.2 Å². The largest absolute Gasteiger partial charge is 0.480 e. The molecule has 1 aromatic carbocycles. The predicted molar refractivity (Wildman–Crippen MR) is 80.6 cm³/mol. The quantitative estimate of drug-likeness (QED) is 0.943. The lowest BCUT2D eigenvalue weighted by Crippen LogP contribution is -2.45. The van der Waals surface area contributed by atoms with Gasteiger partial charge in [0.15, 0.2) is 5.41 Å². The van der Waals surface area contributed by atoms with Crippen molar-refractivity contribution in [1.29, 1.82) is 0 Å². The molecule has 0 saturated heterocycles. The number of thiazole rings is 1. The first-order valence-electron chi connectivity index (χ1n) is 6.49. The lowest BCUT2D eigenvalue weighted by molar-refractivity contribution is -0.142. The zero-order chi connectivity index (χ0) is 14.2. The topological polar surface area (TPSA) is 62.5 Å². The average Bonchev–Trinajstić information content (AvgIpc) is 2.90. The Labute approximate surface area is 120 Å². The van der Waals surface area contributed by atoms with Crippen LogP contribution in [0.3, 0.4) is 0 Å². The Hall–Kier alpha value is -2.01. The van der Waals surface area contributed by atoms with Crippen LogP contribution < -0.4 is 0 Å². The fraction of sp³-hybridized carbons (Fsp3) is 0.267. The van der Waals surface area contributed by atoms with E-state index in [4.69, 9.17) is 0 Å². The highest BCUT2D eigenvalue weighted by molar-refractivity contribution is 7.18. The second-order valence-electron chi connectivity index (χ2n) is 4.74. The predicted octanol–water partition coefficient (Wildman–Crippen LogP) is 3.04. The van der Waals surface area contributed by atoms with Gasteiger partial charge in [-0.05, 0) is 24.6 Å². The smallest absolute Gasteiger partial charge is 0.322 e. The van der Waals surface area contributed by atoms with Crippen LogP contribution in [0.1, 0.15) is 18.4 Å². The molecule has 2 atom stereocenters. The summed E-state index contributed by atoms with van der Waals surface area (Å²) >= 11 is 1.43. The molecule has 2 heterocycles. The number of carboxylic acid groups (broad SMARTS) is 1. The van der Waals surface area contributed by atoms with Crippen molar-refractivity contribution < 1.29 is 9.90 Å². The Morgan fingerprint density at radius 3 is 2.95 bits per heavy atom. The summed E-state index contributed by atoms with van der Waals surface area (Å²) in [4.78, 5) is 20.8. The Morgan fingerprint density at radius 1 is 1.45 bits per heavy atom. The molecule has 0 aliphatic carbocycles. The van der Waals surface area contributed by atoms with E-state index in [0.717, 1.165) is 10.2 Å². The van der Waals surface area contributed by atoms with E-state index in [1.165, 1.54) is 11.3 Å². The van der Waals surface area contributed by atoms with Gasteiger partial charge in [0.1, 0.15) is 5.01 Å². The van der Waals surface area contributed by atoms with Crippen molar-refractivity contribution in [3.63, 3.8) is 0 Å². The van der Waals surface area contributed by atoms with Crippen LogP contribution in [0.15, 0.2) is 41.4 Å². The van der Waals surface area contributed by atoms with E-state index < -0.39 is 11.4 Å². The molecule has 0 radical (unpaired) electrons. The van der Waals surface area contributed by atoms with Gasteiger partial charge in [0, 0.05) is 6.21 Å². The molecule has 20 heavy (non-hydrogen) atoms. The summed E-state index contributed by atoms with van der Waals surface area (Å²) in [6.45, 7) is 1.95. The zero-order valence-corrected chi connectivity index (χ0v) is 11.8. The highest BCUT2D eigenvalue weighted by Crippen LogP contribution is 2.39. The average molecular weight is 286 g/mol. The molecule has 2 unspecified atom stereocenters. The Kier molecular flexibility index (Phi) is 3.14. The number of allylic oxidation sites excluding steroid dienone is 1. The second kappa shape index (κ2) is 4.83. The van der Waals surface area contributed by atoms with Crippen molar-refractivity contribution in [2.24, 2.45) is 4.99 Å². The van der Waals surface area contributed by atoms with Gasteiger partial charge in [-0.15, -0.1) is 11.3 Å². The number of benzene rings is 1. The fourth-order valence-electron chi connectivity index (χ4n) is 2.57. The van der Waals surface area contributed by atoms with Crippen LogP contribution >= 0.6 is 11.3 Å². The van der Waals surface area contributed by atoms with E-state index in [9.17, 15) is 9.90 Å². The molecule has 1 aliphatic rings. The lowest BCUT2D eigenvalue weighted by atomic mass is 9.78. The molecular weight excluding hydrogens is 272 g/mol. The van der Waals surface area contributed by atoms with Crippen molar-refractivity contribution in [2.45, 2.75) is 24.8 Å². The molecule has 0 saturated carbocycles. The third-order valence-electron chi connectivity index (χ3n) is 3.63. The Bertz CT molecular complexity index is 686. The first-order chi connectivity index (χ1) is 9.68. The number of aliphatic imine (C=N–C) groups is 1. The van der Waals surface area contributed by atoms with Crippen molar-refractivity contribution in [3.8, 4) is 0 Å². The van der Waals surface area contributed by atoms with Gasteiger partial charge in [-0.1, -0.05) is 25.1 Å². The summed E-state index contributed by atoms with van der Waals surface area (Å²) in [5.41, 5.74) is -0.307. The molecule has 1 aromatic heterocycles. The zero-order valence-electron chi connectivity index (χ0n) is 11.0. The third-order valence-corrected chi connectivity index (χ3v) is 4.81. The summed E-state index contributed by atoms with van der Waals surface area (Å²) in [5.74, 6) is -0.892. The van der Waals surface area contributed by atoms with Crippen LogP contribution in [0, 0.1) is 0 Å². The van der Waals surface area contributed by atoms with Crippen molar-refractivity contribution in [3.05, 3.63) is 41.4 Å². The molecule has 1 aliphatic heterocycles. The van der Waals surface area contributed by atoms with Gasteiger partial charge in [0.05, 0.1) is 16.3 Å². The van der Waals surface area contributed by atoms with Gasteiger partial charge < -0.3 is 5.11 Å². The van der Waals surface area contributed by atoms with Crippen molar-refractivity contribution in [1.82, 2.24) is 4.98 Å². The van der Waals surface area contributed by atoms with Gasteiger partial charge in [0.2, 0.25) is 0 Å². The van der Waals surface area contributed by atoms with Gasteiger partial charge in [-0.25, -0.2) is 4.98 Å². The number of aliphatic carboxylic acids is 1. The summed E-state index contributed by atoms with van der Waals surface area (Å²) in [5, 5.41) is 10.4. The maximum absolute atomic E-state index is 12.0. The SMILES string of the molecule is CCC1N=CC=CC1(C(=O)O)c1nc2ccccc2s1. The van der Waals surface area contributed by atoms with E-state index >= 15 is 0 Å². The van der Waals surface area contributed by atoms with Crippen molar-refractivity contribution in [2.75, 3.05) is 0 Å². The number of aromatic nitrogens is 1. The summed E-state index contributed by atoms with van der Waals surface area (Å²) in [6, 6.07) is 7.39. The molecule has 0 bridgehead atoms. The number of hydrogen-bond donors (Lipinski definition) is 1. The molecule has 0 spiro atoms. The normalized spacial score (nSPS) is 25.1. The lowest BCUT2D eigenvalue weighted by Gasteiger charge is -2.31. The van der Waals surface area contributed by atoms with E-state index in [-0.39, 0.29) is 6.04 Å². The van der Waals surface area contributed by atoms with Gasteiger partial charge in [-0.2, -0.15) is 0 Å². The minimum atomic E-state index is -1.15. The molecule has 5 heteroatoms. The first kappa shape index (κ1) is 13.0. The second-order valence-corrected chi connectivity index (χ2v) is 5.77. The van der Waals surface area contributed by atoms with Gasteiger partial charge in [0.25, 0.3) is 0 Å². The van der Waals surface area contributed by atoms with Gasteiger partial charge >= 0.3 is 5.97 Å². The summed E-state index contributed by atoms with van der Waals surface area (Å²) < 4.78 is 1.00. The highest BCUT2D eigenvalue weighted by atomic mass is 32.1. The molecule has 1 N–H and O–H groups in total. The van der Waals surface area contributed by atoms with E-state index in [1.807, 2.05) is 31.2 Å². The fourth-order valence-corrected chi connectivity index (χ4v) is 3.75. The summed E-state index contributed by atoms with van der Waals surface area (Å²) in [6.07, 6.45) is 5.74. The number of nitrogens with zero attached hydrogens (tertiary/aromatic N) is 2. The maximum atomic E-state index is 12.0. The van der Waals surface area contributed by atoms with Crippen LogP contribution in [-0.4, -0.2) is 28.3 Å². The van der Waals surface area contributed by atoms with E-state index in [1.54, 1.807) is 18.4 Å². The number of para-hydroxylation sites is 1. The molecule has 3 rings (SSSR count). The molecule has 0 amide bonds. The molecular formula is C15H14N2O2S. The molecule has 0 fully saturated rings. The van der Waals surface area contributed by atoms with Crippen molar-refractivity contribution >= 4 is 33.7 Å². The number of fused-ring (bicyclic) bond motifs is 1. The first-order valence-corrected chi connectivity index (χ1v) is 7.30. The number of dihydropyridines is 1. The molecule has 2 aromatic rings.